The van der Waals surface area contributed by atoms with Crippen molar-refractivity contribution in [3.8, 4) is 0 Å². The third kappa shape index (κ3) is 1.47. The number of hydrogen-bond acceptors (Lipinski definition) is 4. The number of aliphatic hydroxyl groups excluding tert-OH is 1. The van der Waals surface area contributed by atoms with Crippen molar-refractivity contribution in [1.82, 2.24) is 0 Å². The van der Waals surface area contributed by atoms with Crippen LogP contribution in [-0.2, 0) is 14.3 Å². The van der Waals surface area contributed by atoms with Gasteiger partial charge in [-0.1, -0.05) is 6.92 Å². The normalized spacial score (nSPS) is 42.3. The van der Waals surface area contributed by atoms with E-state index in [0.29, 0.717) is 25.2 Å². The van der Waals surface area contributed by atoms with Crippen LogP contribution in [0.1, 0.15) is 32.6 Å². The van der Waals surface area contributed by atoms with Crippen LogP contribution >= 0.6 is 0 Å². The van der Waals surface area contributed by atoms with Gasteiger partial charge in [-0.2, -0.15) is 0 Å². The Kier molecular flexibility index (Phi) is 2.35. The number of carbonyl (C=O) groups is 1. The second kappa shape index (κ2) is 3.56. The van der Waals surface area contributed by atoms with Crippen molar-refractivity contribution in [2.45, 2.75) is 38.4 Å². The number of ether oxygens (including phenoxy) is 2. The average Bonchev–Trinajstić information content (AvgIpc) is 2.87. The lowest BCUT2D eigenvalue weighted by Crippen LogP contribution is -2.45. The summed E-state index contributed by atoms with van der Waals surface area (Å²) in [5.41, 5.74) is 0.238. The van der Waals surface area contributed by atoms with Crippen LogP contribution in [0, 0.1) is 11.3 Å². The Balaban J connectivity index is 1.87. The molecule has 4 heteroatoms. The number of carbonyl (C=O) groups excluding carboxylic acids is 1. The minimum absolute atomic E-state index is 0.109. The summed E-state index contributed by atoms with van der Waals surface area (Å²) in [5.74, 6) is -0.104. The zero-order valence-electron chi connectivity index (χ0n) is 10.1. The first-order chi connectivity index (χ1) is 8.10. The number of allylic oxidation sites excluding steroid dienone is 1. The maximum absolute atomic E-state index is 12.2. The standard InChI is InChI=1S/C13H18O4/c1-12-2-3-13(16-4-5-17-13)7-10(12)6-9(8-14)11(12)15/h8,10,14H,2-7H2,1H3/b9-8-. The first-order valence-corrected chi connectivity index (χ1v) is 6.26. The fourth-order valence-electron chi connectivity index (χ4n) is 3.55. The fourth-order valence-corrected chi connectivity index (χ4v) is 3.55. The summed E-state index contributed by atoms with van der Waals surface area (Å²) in [5, 5.41) is 9.11. The molecule has 0 amide bonds. The summed E-state index contributed by atoms with van der Waals surface area (Å²) in [6.45, 7) is 3.32. The van der Waals surface area contributed by atoms with Crippen molar-refractivity contribution in [2.75, 3.05) is 13.2 Å². The monoisotopic (exact) mass is 238 g/mol. The summed E-state index contributed by atoms with van der Waals surface area (Å²) in [6, 6.07) is 0. The molecule has 2 aliphatic carbocycles. The van der Waals surface area contributed by atoms with Gasteiger partial charge >= 0.3 is 0 Å². The molecule has 3 aliphatic rings. The van der Waals surface area contributed by atoms with E-state index < -0.39 is 5.79 Å². The highest BCUT2D eigenvalue weighted by atomic mass is 16.7. The molecule has 2 saturated carbocycles. The molecule has 1 saturated heterocycles. The largest absolute Gasteiger partial charge is 0.515 e. The van der Waals surface area contributed by atoms with Gasteiger partial charge < -0.3 is 14.6 Å². The minimum atomic E-state index is -0.449. The first kappa shape index (κ1) is 11.2. The molecular weight excluding hydrogens is 220 g/mol. The molecule has 1 N–H and O–H groups in total. The molecular formula is C13H18O4. The highest BCUT2D eigenvalue weighted by Gasteiger charge is 2.57. The Morgan fingerprint density at radius 2 is 2.06 bits per heavy atom. The van der Waals surface area contributed by atoms with Crippen molar-refractivity contribution in [2.24, 2.45) is 11.3 Å². The molecule has 3 rings (SSSR count). The van der Waals surface area contributed by atoms with Crippen molar-refractivity contribution in [3.05, 3.63) is 11.8 Å². The molecule has 1 heterocycles. The molecule has 2 atom stereocenters. The van der Waals surface area contributed by atoms with Gasteiger partial charge in [-0.25, -0.2) is 0 Å². The predicted molar refractivity (Wildman–Crippen MR) is 60.4 cm³/mol. The van der Waals surface area contributed by atoms with Crippen LogP contribution in [-0.4, -0.2) is 29.9 Å². The molecule has 0 bridgehead atoms. The Hall–Kier alpha value is -0.870. The maximum atomic E-state index is 12.2. The second-order valence-corrected chi connectivity index (χ2v) is 5.61. The quantitative estimate of drug-likeness (QED) is 0.517. The molecule has 0 aromatic heterocycles. The van der Waals surface area contributed by atoms with Gasteiger partial charge in [0.25, 0.3) is 0 Å². The van der Waals surface area contributed by atoms with E-state index in [2.05, 4.69) is 0 Å². The van der Waals surface area contributed by atoms with Crippen molar-refractivity contribution < 1.29 is 19.4 Å². The Labute approximate surface area is 101 Å². The second-order valence-electron chi connectivity index (χ2n) is 5.61. The van der Waals surface area contributed by atoms with Crippen molar-refractivity contribution in [3.63, 3.8) is 0 Å². The number of ketones is 1. The summed E-state index contributed by atoms with van der Waals surface area (Å²) < 4.78 is 11.4. The molecule has 0 aromatic carbocycles. The van der Waals surface area contributed by atoms with Gasteiger partial charge in [-0.15, -0.1) is 0 Å². The Morgan fingerprint density at radius 3 is 2.71 bits per heavy atom. The van der Waals surface area contributed by atoms with Gasteiger partial charge in [0.1, 0.15) is 0 Å². The van der Waals surface area contributed by atoms with Gasteiger partial charge in [0.05, 0.1) is 19.5 Å². The lowest BCUT2D eigenvalue weighted by atomic mass is 9.67. The number of hydrogen-bond donors (Lipinski definition) is 1. The molecule has 2 unspecified atom stereocenters. The van der Waals surface area contributed by atoms with Crippen molar-refractivity contribution >= 4 is 5.78 Å². The van der Waals surface area contributed by atoms with Gasteiger partial charge in [0.2, 0.25) is 0 Å². The predicted octanol–water partition coefficient (Wildman–Crippen LogP) is 1.95. The molecule has 1 spiro atoms. The highest BCUT2D eigenvalue weighted by Crippen LogP contribution is 2.55. The molecule has 0 aromatic rings. The Bertz CT molecular complexity index is 381. The third-order valence-electron chi connectivity index (χ3n) is 4.73. The molecule has 0 radical (unpaired) electrons. The summed E-state index contributed by atoms with van der Waals surface area (Å²) in [6.07, 6.45) is 3.97. The molecule has 4 nitrogen and oxygen atoms in total. The lowest BCUT2D eigenvalue weighted by molar-refractivity contribution is -0.201. The van der Waals surface area contributed by atoms with E-state index in [1.165, 1.54) is 0 Å². The number of aliphatic hydroxyl groups is 1. The van der Waals surface area contributed by atoms with Crippen LogP contribution in [0.25, 0.3) is 0 Å². The molecule has 3 fully saturated rings. The van der Waals surface area contributed by atoms with Gasteiger partial charge in [0.15, 0.2) is 11.6 Å². The van der Waals surface area contributed by atoms with Gasteiger partial charge in [0, 0.05) is 23.8 Å². The summed E-state index contributed by atoms with van der Waals surface area (Å²) in [4.78, 5) is 12.2. The average molecular weight is 238 g/mol. The molecule has 17 heavy (non-hydrogen) atoms. The van der Waals surface area contributed by atoms with E-state index in [-0.39, 0.29) is 17.1 Å². The minimum Gasteiger partial charge on any atom is -0.515 e. The Morgan fingerprint density at radius 1 is 1.35 bits per heavy atom. The molecule has 1 aliphatic heterocycles. The van der Waals surface area contributed by atoms with Crippen LogP contribution < -0.4 is 0 Å². The highest BCUT2D eigenvalue weighted by molar-refractivity contribution is 6.02. The maximum Gasteiger partial charge on any atom is 0.168 e. The van der Waals surface area contributed by atoms with Gasteiger partial charge in [-0.05, 0) is 18.8 Å². The SMILES string of the molecule is CC12CCC3(CC1C/C(=C/O)C2=O)OCCO3. The third-order valence-corrected chi connectivity index (χ3v) is 4.73. The zero-order chi connectivity index (χ0) is 12.1. The van der Waals surface area contributed by atoms with Crippen LogP contribution in [0.3, 0.4) is 0 Å². The number of Topliss-reactive ketones (excluding diaryl/α,β-unsaturated/α-hetero) is 1. The van der Waals surface area contributed by atoms with Crippen LogP contribution in [0.15, 0.2) is 11.8 Å². The first-order valence-electron chi connectivity index (χ1n) is 6.26. The van der Waals surface area contributed by atoms with Crippen LogP contribution in [0.2, 0.25) is 0 Å². The number of rotatable bonds is 0. The fraction of sp³-hybridized carbons (Fsp3) is 0.769. The topological polar surface area (TPSA) is 55.8 Å². The molecule has 94 valence electrons. The summed E-state index contributed by atoms with van der Waals surface area (Å²) >= 11 is 0. The number of fused-ring (bicyclic) bond motifs is 1. The van der Waals surface area contributed by atoms with E-state index >= 15 is 0 Å². The van der Waals surface area contributed by atoms with E-state index in [4.69, 9.17) is 14.6 Å². The van der Waals surface area contributed by atoms with Crippen LogP contribution in [0.4, 0.5) is 0 Å². The summed E-state index contributed by atoms with van der Waals surface area (Å²) in [7, 11) is 0. The van der Waals surface area contributed by atoms with E-state index in [1.54, 1.807) is 0 Å². The van der Waals surface area contributed by atoms with Crippen molar-refractivity contribution in [1.29, 1.82) is 0 Å². The van der Waals surface area contributed by atoms with E-state index in [1.807, 2.05) is 6.92 Å². The zero-order valence-corrected chi connectivity index (χ0v) is 10.1. The van der Waals surface area contributed by atoms with E-state index in [9.17, 15) is 4.79 Å². The lowest BCUT2D eigenvalue weighted by Gasteiger charge is -2.42. The van der Waals surface area contributed by atoms with Crippen LogP contribution in [0.5, 0.6) is 0 Å². The smallest absolute Gasteiger partial charge is 0.168 e. The van der Waals surface area contributed by atoms with E-state index in [0.717, 1.165) is 25.5 Å². The van der Waals surface area contributed by atoms with Gasteiger partial charge in [-0.3, -0.25) is 4.79 Å².